The van der Waals surface area contributed by atoms with Crippen LogP contribution in [0.25, 0.3) is 0 Å². The highest BCUT2D eigenvalue weighted by atomic mass is 15.2. The summed E-state index contributed by atoms with van der Waals surface area (Å²) in [6.45, 7) is 3.21. The summed E-state index contributed by atoms with van der Waals surface area (Å²) in [5.74, 6) is 1.53. The van der Waals surface area contributed by atoms with E-state index in [-0.39, 0.29) is 5.95 Å². The zero-order valence-electron chi connectivity index (χ0n) is 8.27. The van der Waals surface area contributed by atoms with Crippen molar-refractivity contribution < 1.29 is 0 Å². The molecular weight excluding hydrogens is 178 g/mol. The molecule has 1 aliphatic heterocycles. The van der Waals surface area contributed by atoms with Crippen LogP contribution in [0.5, 0.6) is 0 Å². The third-order valence-corrected chi connectivity index (χ3v) is 2.60. The standard InChI is InChI=1S/C9H15N5/c1-6-3-2-4-14(6)8-5-7(10)12-9(11)13-8/h5-6H,2-4H2,1H3,(H4,10,11,12,13). The van der Waals surface area contributed by atoms with E-state index in [4.69, 9.17) is 11.5 Å². The van der Waals surface area contributed by atoms with Crippen LogP contribution < -0.4 is 16.4 Å². The van der Waals surface area contributed by atoms with Gasteiger partial charge < -0.3 is 16.4 Å². The molecular formula is C9H15N5. The summed E-state index contributed by atoms with van der Waals surface area (Å²) in [6, 6.07) is 2.29. The minimum atomic E-state index is 0.249. The average Bonchev–Trinajstić information content (AvgIpc) is 2.49. The molecule has 4 N–H and O–H groups in total. The highest BCUT2D eigenvalue weighted by molar-refractivity contribution is 5.51. The van der Waals surface area contributed by atoms with Crippen molar-refractivity contribution in [2.75, 3.05) is 22.9 Å². The first-order valence-corrected chi connectivity index (χ1v) is 4.83. The van der Waals surface area contributed by atoms with Crippen LogP contribution in [0.3, 0.4) is 0 Å². The SMILES string of the molecule is CC1CCCN1c1cc(N)nc(N)n1. The van der Waals surface area contributed by atoms with Crippen LogP contribution in [0, 0.1) is 0 Å². The van der Waals surface area contributed by atoms with E-state index < -0.39 is 0 Å². The number of nitrogens with two attached hydrogens (primary N) is 2. The molecule has 5 heteroatoms. The van der Waals surface area contributed by atoms with E-state index in [0.717, 1.165) is 12.4 Å². The zero-order chi connectivity index (χ0) is 10.1. The Morgan fingerprint density at radius 3 is 2.79 bits per heavy atom. The summed E-state index contributed by atoms with van der Waals surface area (Å²) in [5.41, 5.74) is 11.2. The van der Waals surface area contributed by atoms with Gasteiger partial charge in [-0.05, 0) is 19.8 Å². The smallest absolute Gasteiger partial charge is 0.223 e. The zero-order valence-corrected chi connectivity index (χ0v) is 8.27. The van der Waals surface area contributed by atoms with Gasteiger partial charge in [-0.25, -0.2) is 0 Å². The summed E-state index contributed by atoms with van der Waals surface area (Å²) in [6.07, 6.45) is 2.40. The summed E-state index contributed by atoms with van der Waals surface area (Å²) in [5, 5.41) is 0. The van der Waals surface area contributed by atoms with E-state index in [1.807, 2.05) is 0 Å². The molecule has 0 saturated carbocycles. The van der Waals surface area contributed by atoms with Crippen LogP contribution in [-0.2, 0) is 0 Å². The van der Waals surface area contributed by atoms with Crippen molar-refractivity contribution in [2.45, 2.75) is 25.8 Å². The molecule has 14 heavy (non-hydrogen) atoms. The van der Waals surface area contributed by atoms with E-state index in [1.165, 1.54) is 12.8 Å². The highest BCUT2D eigenvalue weighted by Gasteiger charge is 2.21. The minimum Gasteiger partial charge on any atom is -0.383 e. The lowest BCUT2D eigenvalue weighted by molar-refractivity contribution is 0.727. The number of aromatic nitrogens is 2. The summed E-state index contributed by atoms with van der Waals surface area (Å²) >= 11 is 0. The Morgan fingerprint density at radius 2 is 2.21 bits per heavy atom. The van der Waals surface area contributed by atoms with E-state index in [0.29, 0.717) is 11.9 Å². The van der Waals surface area contributed by atoms with Gasteiger partial charge in [0.15, 0.2) is 0 Å². The van der Waals surface area contributed by atoms with Crippen LogP contribution in [0.2, 0.25) is 0 Å². The molecule has 1 saturated heterocycles. The fourth-order valence-corrected chi connectivity index (χ4v) is 1.89. The van der Waals surface area contributed by atoms with E-state index in [9.17, 15) is 0 Å². The lowest BCUT2D eigenvalue weighted by atomic mass is 10.2. The second-order valence-electron chi connectivity index (χ2n) is 3.69. The van der Waals surface area contributed by atoms with Crippen molar-refractivity contribution in [3.8, 4) is 0 Å². The van der Waals surface area contributed by atoms with Crippen LogP contribution in [0.1, 0.15) is 19.8 Å². The number of hydrogen-bond donors (Lipinski definition) is 2. The highest BCUT2D eigenvalue weighted by Crippen LogP contribution is 2.24. The van der Waals surface area contributed by atoms with Gasteiger partial charge in [0.05, 0.1) is 0 Å². The summed E-state index contributed by atoms with van der Waals surface area (Å²) < 4.78 is 0. The summed E-state index contributed by atoms with van der Waals surface area (Å²) in [4.78, 5) is 10.2. The second kappa shape index (κ2) is 3.32. The minimum absolute atomic E-state index is 0.249. The van der Waals surface area contributed by atoms with Gasteiger partial charge in [-0.15, -0.1) is 0 Å². The molecule has 0 aliphatic carbocycles. The normalized spacial score (nSPS) is 21.5. The Morgan fingerprint density at radius 1 is 1.43 bits per heavy atom. The first-order valence-electron chi connectivity index (χ1n) is 4.83. The number of anilines is 3. The molecule has 1 aromatic heterocycles. The van der Waals surface area contributed by atoms with E-state index in [1.54, 1.807) is 6.07 Å². The Hall–Kier alpha value is -1.52. The number of rotatable bonds is 1. The van der Waals surface area contributed by atoms with Crippen LogP contribution >= 0.6 is 0 Å². The molecule has 0 spiro atoms. The van der Waals surface area contributed by atoms with E-state index in [2.05, 4.69) is 21.8 Å². The molecule has 5 nitrogen and oxygen atoms in total. The van der Waals surface area contributed by atoms with Gasteiger partial charge in [-0.2, -0.15) is 9.97 Å². The van der Waals surface area contributed by atoms with Gasteiger partial charge in [0.1, 0.15) is 11.6 Å². The molecule has 1 fully saturated rings. The molecule has 1 aliphatic rings. The van der Waals surface area contributed by atoms with Crippen molar-refractivity contribution >= 4 is 17.6 Å². The van der Waals surface area contributed by atoms with Gasteiger partial charge in [0.25, 0.3) is 0 Å². The Balaban J connectivity index is 2.31. The predicted octanol–water partition coefficient (Wildman–Crippen LogP) is 0.630. The topological polar surface area (TPSA) is 81.1 Å². The van der Waals surface area contributed by atoms with Crippen LogP contribution in [0.15, 0.2) is 6.07 Å². The van der Waals surface area contributed by atoms with Crippen molar-refractivity contribution in [3.05, 3.63) is 6.07 Å². The molecule has 76 valence electrons. The Bertz CT molecular complexity index is 318. The third-order valence-electron chi connectivity index (χ3n) is 2.60. The maximum Gasteiger partial charge on any atom is 0.223 e. The van der Waals surface area contributed by atoms with E-state index >= 15 is 0 Å². The molecule has 1 aromatic rings. The van der Waals surface area contributed by atoms with Crippen molar-refractivity contribution in [1.29, 1.82) is 0 Å². The maximum atomic E-state index is 5.61. The lowest BCUT2D eigenvalue weighted by Gasteiger charge is -2.22. The Kier molecular flexibility index (Phi) is 2.15. The van der Waals surface area contributed by atoms with Crippen molar-refractivity contribution in [1.82, 2.24) is 9.97 Å². The largest absolute Gasteiger partial charge is 0.383 e. The lowest BCUT2D eigenvalue weighted by Crippen LogP contribution is -2.27. The first kappa shape index (κ1) is 9.05. The molecule has 0 bridgehead atoms. The maximum absolute atomic E-state index is 5.61. The van der Waals surface area contributed by atoms with Crippen LogP contribution in [-0.4, -0.2) is 22.6 Å². The fourth-order valence-electron chi connectivity index (χ4n) is 1.89. The molecule has 0 radical (unpaired) electrons. The van der Waals surface area contributed by atoms with Crippen molar-refractivity contribution in [2.24, 2.45) is 0 Å². The van der Waals surface area contributed by atoms with Gasteiger partial charge in [-0.3, -0.25) is 0 Å². The van der Waals surface area contributed by atoms with Gasteiger partial charge in [-0.1, -0.05) is 0 Å². The third kappa shape index (κ3) is 1.57. The number of nitrogens with zero attached hydrogens (tertiary/aromatic N) is 3. The number of nitrogen functional groups attached to an aromatic ring is 2. The fraction of sp³-hybridized carbons (Fsp3) is 0.556. The second-order valence-corrected chi connectivity index (χ2v) is 3.69. The molecule has 2 rings (SSSR count). The molecule has 1 unspecified atom stereocenters. The summed E-state index contributed by atoms with van der Waals surface area (Å²) in [7, 11) is 0. The van der Waals surface area contributed by atoms with Gasteiger partial charge in [0.2, 0.25) is 5.95 Å². The predicted molar refractivity (Wildman–Crippen MR) is 56.9 cm³/mol. The molecule has 0 amide bonds. The Labute approximate surface area is 83.1 Å². The monoisotopic (exact) mass is 193 g/mol. The van der Waals surface area contributed by atoms with Crippen LogP contribution in [0.4, 0.5) is 17.6 Å². The molecule has 1 atom stereocenters. The van der Waals surface area contributed by atoms with Crippen molar-refractivity contribution in [3.63, 3.8) is 0 Å². The van der Waals surface area contributed by atoms with Gasteiger partial charge >= 0.3 is 0 Å². The number of hydrogen-bond acceptors (Lipinski definition) is 5. The molecule has 2 heterocycles. The van der Waals surface area contributed by atoms with Gasteiger partial charge in [0, 0.05) is 18.7 Å². The first-order chi connectivity index (χ1) is 6.66. The average molecular weight is 193 g/mol. The molecule has 0 aromatic carbocycles. The quantitative estimate of drug-likeness (QED) is 0.683.